The number of benzene rings is 1. The van der Waals surface area contributed by atoms with Crippen molar-refractivity contribution >= 4 is 28.5 Å². The fourth-order valence-electron chi connectivity index (χ4n) is 3.00. The van der Waals surface area contributed by atoms with Crippen LogP contribution in [-0.4, -0.2) is 15.2 Å². The molecule has 0 saturated heterocycles. The van der Waals surface area contributed by atoms with Crippen LogP contribution in [0.3, 0.4) is 0 Å². The Hall–Kier alpha value is -1.16. The van der Waals surface area contributed by atoms with Gasteiger partial charge in [-0.25, -0.2) is 4.98 Å². The summed E-state index contributed by atoms with van der Waals surface area (Å²) in [6.07, 6.45) is 6.74. The van der Waals surface area contributed by atoms with Crippen LogP contribution in [0.1, 0.15) is 39.0 Å². The molecular formula is C15H21N3S. The van der Waals surface area contributed by atoms with Gasteiger partial charge in [-0.05, 0) is 37.0 Å². The van der Waals surface area contributed by atoms with Gasteiger partial charge in [0.1, 0.15) is 0 Å². The number of aromatic nitrogens is 2. The lowest BCUT2D eigenvalue weighted by molar-refractivity contribution is 0.361. The Kier molecular flexibility index (Phi) is 3.69. The average molecular weight is 275 g/mol. The summed E-state index contributed by atoms with van der Waals surface area (Å²) in [5.74, 6) is 0.844. The van der Waals surface area contributed by atoms with Gasteiger partial charge in [-0.1, -0.05) is 37.9 Å². The third kappa shape index (κ3) is 2.73. The second-order valence-corrected chi connectivity index (χ2v) is 6.66. The minimum absolute atomic E-state index is 0.719. The molecule has 1 fully saturated rings. The Morgan fingerprint density at radius 1 is 1.37 bits per heavy atom. The molecule has 19 heavy (non-hydrogen) atoms. The third-order valence-corrected chi connectivity index (χ3v) is 5.45. The van der Waals surface area contributed by atoms with E-state index in [2.05, 4.69) is 16.9 Å². The summed E-state index contributed by atoms with van der Waals surface area (Å²) < 4.78 is 0. The predicted molar refractivity (Wildman–Crippen MR) is 82.4 cm³/mol. The molecule has 1 aromatic heterocycles. The average Bonchev–Trinajstić information content (AvgIpc) is 2.80. The molecule has 1 aliphatic carbocycles. The van der Waals surface area contributed by atoms with Crippen molar-refractivity contribution in [3.05, 3.63) is 18.2 Å². The van der Waals surface area contributed by atoms with Crippen molar-refractivity contribution in [1.29, 1.82) is 0 Å². The highest BCUT2D eigenvalue weighted by molar-refractivity contribution is 7.99. The molecule has 3 rings (SSSR count). The van der Waals surface area contributed by atoms with Gasteiger partial charge in [-0.15, -0.1) is 0 Å². The highest BCUT2D eigenvalue weighted by Gasteiger charge is 2.25. The van der Waals surface area contributed by atoms with E-state index in [1.165, 1.54) is 32.1 Å². The lowest BCUT2D eigenvalue weighted by Crippen LogP contribution is -2.21. The Morgan fingerprint density at radius 2 is 2.21 bits per heavy atom. The van der Waals surface area contributed by atoms with Crippen molar-refractivity contribution in [2.24, 2.45) is 5.92 Å². The highest BCUT2D eigenvalue weighted by Crippen LogP contribution is 2.38. The Bertz CT molecular complexity index is 564. The van der Waals surface area contributed by atoms with Crippen LogP contribution in [0.15, 0.2) is 23.4 Å². The summed E-state index contributed by atoms with van der Waals surface area (Å²) in [4.78, 5) is 8.07. The fraction of sp³-hybridized carbons (Fsp3) is 0.533. The molecule has 0 bridgehead atoms. The van der Waals surface area contributed by atoms with E-state index in [1.54, 1.807) is 0 Å². The Morgan fingerprint density at radius 3 is 3.05 bits per heavy atom. The van der Waals surface area contributed by atoms with Gasteiger partial charge in [0.25, 0.3) is 0 Å². The molecule has 4 heteroatoms. The van der Waals surface area contributed by atoms with Crippen molar-refractivity contribution in [3.63, 3.8) is 0 Å². The quantitative estimate of drug-likeness (QED) is 0.825. The lowest BCUT2D eigenvalue weighted by atomic mass is 9.87. The van der Waals surface area contributed by atoms with Crippen molar-refractivity contribution in [2.45, 2.75) is 49.4 Å². The van der Waals surface area contributed by atoms with Crippen LogP contribution >= 0.6 is 11.8 Å². The summed E-state index contributed by atoms with van der Waals surface area (Å²) in [7, 11) is 0. The van der Waals surface area contributed by atoms with Gasteiger partial charge in [0, 0.05) is 10.9 Å². The zero-order valence-corrected chi connectivity index (χ0v) is 12.2. The summed E-state index contributed by atoms with van der Waals surface area (Å²) >= 11 is 1.92. The molecule has 1 heterocycles. The number of nitrogens with zero attached hydrogens (tertiary/aromatic N) is 1. The monoisotopic (exact) mass is 275 g/mol. The number of hydrogen-bond acceptors (Lipinski definition) is 3. The molecule has 2 aromatic rings. The largest absolute Gasteiger partial charge is 0.399 e. The maximum atomic E-state index is 5.81. The van der Waals surface area contributed by atoms with Gasteiger partial charge in [-0.3, -0.25) is 0 Å². The molecule has 2 atom stereocenters. The highest BCUT2D eigenvalue weighted by atomic mass is 32.2. The summed E-state index contributed by atoms with van der Waals surface area (Å²) in [5, 5.41) is 1.77. The van der Waals surface area contributed by atoms with Crippen molar-refractivity contribution in [2.75, 3.05) is 5.73 Å². The van der Waals surface area contributed by atoms with Gasteiger partial charge >= 0.3 is 0 Å². The molecule has 3 N–H and O–H groups in total. The van der Waals surface area contributed by atoms with Gasteiger partial charge in [0.05, 0.1) is 11.0 Å². The molecule has 1 saturated carbocycles. The fourth-order valence-corrected chi connectivity index (χ4v) is 4.41. The predicted octanol–water partition coefficient (Wildman–Crippen LogP) is 4.21. The van der Waals surface area contributed by atoms with E-state index in [4.69, 9.17) is 5.73 Å². The summed E-state index contributed by atoms with van der Waals surface area (Å²) in [6.45, 7) is 2.31. The van der Waals surface area contributed by atoms with Crippen molar-refractivity contribution < 1.29 is 0 Å². The first-order valence-electron chi connectivity index (χ1n) is 7.18. The molecule has 1 aromatic carbocycles. The number of rotatable bonds is 3. The first-order valence-corrected chi connectivity index (χ1v) is 8.06. The Labute approximate surface area is 118 Å². The SMILES string of the molecule is CCC1CCCCC1Sc1nc2ccc(N)cc2[nH]1. The second kappa shape index (κ2) is 5.45. The molecule has 0 spiro atoms. The molecule has 0 radical (unpaired) electrons. The van der Waals surface area contributed by atoms with E-state index in [-0.39, 0.29) is 0 Å². The van der Waals surface area contributed by atoms with E-state index >= 15 is 0 Å². The van der Waals surface area contributed by atoms with Gasteiger partial charge in [0.15, 0.2) is 5.16 Å². The van der Waals surface area contributed by atoms with Crippen LogP contribution in [-0.2, 0) is 0 Å². The molecule has 0 aliphatic heterocycles. The first-order chi connectivity index (χ1) is 9.26. The number of fused-ring (bicyclic) bond motifs is 1. The minimum Gasteiger partial charge on any atom is -0.399 e. The van der Waals surface area contributed by atoms with Gasteiger partial charge < -0.3 is 10.7 Å². The van der Waals surface area contributed by atoms with E-state index < -0.39 is 0 Å². The summed E-state index contributed by atoms with van der Waals surface area (Å²) in [5.41, 5.74) is 8.66. The number of anilines is 1. The van der Waals surface area contributed by atoms with E-state index in [0.29, 0.717) is 0 Å². The van der Waals surface area contributed by atoms with Crippen LogP contribution in [0.2, 0.25) is 0 Å². The second-order valence-electron chi connectivity index (χ2n) is 5.43. The number of imidazole rings is 1. The number of H-pyrrole nitrogens is 1. The summed E-state index contributed by atoms with van der Waals surface area (Å²) in [6, 6.07) is 5.86. The molecule has 102 valence electrons. The number of hydrogen-bond donors (Lipinski definition) is 2. The third-order valence-electron chi connectivity index (χ3n) is 4.11. The first kappa shape index (κ1) is 12.9. The van der Waals surface area contributed by atoms with Crippen LogP contribution in [0.25, 0.3) is 11.0 Å². The van der Waals surface area contributed by atoms with Crippen LogP contribution in [0.4, 0.5) is 5.69 Å². The number of nitrogens with two attached hydrogens (primary N) is 1. The van der Waals surface area contributed by atoms with E-state index in [1.807, 2.05) is 30.0 Å². The molecule has 1 aliphatic rings. The lowest BCUT2D eigenvalue weighted by Gasteiger charge is -2.29. The van der Waals surface area contributed by atoms with Crippen LogP contribution in [0, 0.1) is 5.92 Å². The maximum Gasteiger partial charge on any atom is 0.166 e. The standard InChI is InChI=1S/C15H21N3S/c1-2-10-5-3-4-6-14(10)19-15-17-12-8-7-11(16)9-13(12)18-15/h7-10,14H,2-6,16H2,1H3,(H,17,18). The van der Waals surface area contributed by atoms with E-state index in [9.17, 15) is 0 Å². The zero-order chi connectivity index (χ0) is 13.2. The zero-order valence-electron chi connectivity index (χ0n) is 11.4. The number of aromatic amines is 1. The van der Waals surface area contributed by atoms with Gasteiger partial charge in [-0.2, -0.15) is 0 Å². The Balaban J connectivity index is 1.80. The van der Waals surface area contributed by atoms with Crippen LogP contribution in [0.5, 0.6) is 0 Å². The van der Waals surface area contributed by atoms with Crippen molar-refractivity contribution in [1.82, 2.24) is 9.97 Å². The molecule has 0 amide bonds. The van der Waals surface area contributed by atoms with Crippen LogP contribution < -0.4 is 5.73 Å². The number of nitrogens with one attached hydrogen (secondary N) is 1. The number of nitrogen functional groups attached to an aromatic ring is 1. The molecule has 3 nitrogen and oxygen atoms in total. The van der Waals surface area contributed by atoms with Gasteiger partial charge in [0.2, 0.25) is 0 Å². The van der Waals surface area contributed by atoms with Crippen molar-refractivity contribution in [3.8, 4) is 0 Å². The molecule has 2 unspecified atom stereocenters. The number of thioether (sulfide) groups is 1. The maximum absolute atomic E-state index is 5.81. The smallest absolute Gasteiger partial charge is 0.166 e. The topological polar surface area (TPSA) is 54.7 Å². The molecular weight excluding hydrogens is 254 g/mol. The minimum atomic E-state index is 0.719. The normalized spacial score (nSPS) is 23.8. The van der Waals surface area contributed by atoms with E-state index in [0.717, 1.165) is 33.0 Å².